The van der Waals surface area contributed by atoms with Crippen molar-refractivity contribution in [3.63, 3.8) is 0 Å². The molecular weight excluding hydrogens is 260 g/mol. The van der Waals surface area contributed by atoms with Crippen LogP contribution in [-0.4, -0.2) is 14.8 Å². The van der Waals surface area contributed by atoms with Gasteiger partial charge in [0, 0.05) is 18.7 Å². The Labute approximate surface area is 126 Å². The Morgan fingerprint density at radius 3 is 2.67 bits per heavy atom. The number of aryl methyl sites for hydroxylation is 1. The van der Waals surface area contributed by atoms with Gasteiger partial charge in [-0.2, -0.15) is 0 Å². The number of rotatable bonds is 4. The lowest BCUT2D eigenvalue weighted by Crippen LogP contribution is -2.10. The molecule has 0 spiro atoms. The topological polar surface area (TPSA) is 42.7 Å². The molecule has 0 unspecified atom stereocenters. The molecule has 1 aromatic heterocycles. The summed E-state index contributed by atoms with van der Waals surface area (Å²) in [4.78, 5) is 0. The van der Waals surface area contributed by atoms with Crippen molar-refractivity contribution in [3.05, 3.63) is 41.5 Å². The molecule has 1 aliphatic heterocycles. The molecule has 2 heterocycles. The number of benzene rings is 1. The zero-order valence-corrected chi connectivity index (χ0v) is 13.0. The Morgan fingerprint density at radius 2 is 1.90 bits per heavy atom. The third-order valence-electron chi connectivity index (χ3n) is 4.21. The molecule has 21 heavy (non-hydrogen) atoms. The summed E-state index contributed by atoms with van der Waals surface area (Å²) >= 11 is 0. The third-order valence-corrected chi connectivity index (χ3v) is 4.21. The Morgan fingerprint density at radius 1 is 1.10 bits per heavy atom. The molecule has 1 N–H and O–H groups in total. The van der Waals surface area contributed by atoms with Crippen LogP contribution in [0.3, 0.4) is 0 Å². The second-order valence-corrected chi connectivity index (χ2v) is 6.13. The van der Waals surface area contributed by atoms with E-state index in [4.69, 9.17) is 0 Å². The van der Waals surface area contributed by atoms with Gasteiger partial charge in [0.05, 0.1) is 6.54 Å². The SMILES string of the molecule is CC(C)c1ccc(NCc2nnc3n2CCCCC3)cc1. The maximum Gasteiger partial charge on any atom is 0.152 e. The van der Waals surface area contributed by atoms with Crippen molar-refractivity contribution < 1.29 is 0 Å². The Kier molecular flexibility index (Phi) is 4.23. The first-order chi connectivity index (χ1) is 10.2. The van der Waals surface area contributed by atoms with Crippen LogP contribution in [0.5, 0.6) is 0 Å². The van der Waals surface area contributed by atoms with Gasteiger partial charge in [-0.25, -0.2) is 0 Å². The minimum absolute atomic E-state index is 0.575. The van der Waals surface area contributed by atoms with Gasteiger partial charge in [-0.05, 0) is 36.5 Å². The smallest absolute Gasteiger partial charge is 0.152 e. The molecule has 0 saturated carbocycles. The zero-order chi connectivity index (χ0) is 14.7. The summed E-state index contributed by atoms with van der Waals surface area (Å²) < 4.78 is 2.29. The summed E-state index contributed by atoms with van der Waals surface area (Å²) in [5.41, 5.74) is 2.52. The van der Waals surface area contributed by atoms with E-state index in [0.717, 1.165) is 36.8 Å². The largest absolute Gasteiger partial charge is 0.378 e. The predicted octanol–water partition coefficient (Wildman–Crippen LogP) is 3.74. The van der Waals surface area contributed by atoms with E-state index in [1.807, 2.05) is 0 Å². The summed E-state index contributed by atoms with van der Waals surface area (Å²) in [7, 11) is 0. The second kappa shape index (κ2) is 6.29. The first-order valence-corrected chi connectivity index (χ1v) is 7.99. The lowest BCUT2D eigenvalue weighted by molar-refractivity contribution is 0.610. The molecule has 1 aliphatic rings. The number of hydrogen-bond donors (Lipinski definition) is 1. The lowest BCUT2D eigenvalue weighted by atomic mass is 10.0. The fourth-order valence-corrected chi connectivity index (χ4v) is 2.84. The van der Waals surface area contributed by atoms with Crippen LogP contribution in [-0.2, 0) is 19.5 Å². The monoisotopic (exact) mass is 284 g/mol. The van der Waals surface area contributed by atoms with Gasteiger partial charge in [0.25, 0.3) is 0 Å². The quantitative estimate of drug-likeness (QED) is 0.930. The van der Waals surface area contributed by atoms with Crippen molar-refractivity contribution in [2.24, 2.45) is 0 Å². The van der Waals surface area contributed by atoms with Crippen molar-refractivity contribution in [3.8, 4) is 0 Å². The molecule has 0 radical (unpaired) electrons. The fourth-order valence-electron chi connectivity index (χ4n) is 2.84. The highest BCUT2D eigenvalue weighted by Crippen LogP contribution is 2.18. The van der Waals surface area contributed by atoms with Crippen molar-refractivity contribution in [1.82, 2.24) is 14.8 Å². The molecule has 0 bridgehead atoms. The van der Waals surface area contributed by atoms with Crippen molar-refractivity contribution in [1.29, 1.82) is 0 Å². The normalized spacial score (nSPS) is 14.8. The molecule has 0 fully saturated rings. The van der Waals surface area contributed by atoms with Gasteiger partial charge in [-0.3, -0.25) is 0 Å². The maximum atomic E-state index is 4.35. The minimum Gasteiger partial charge on any atom is -0.378 e. The van der Waals surface area contributed by atoms with Crippen LogP contribution >= 0.6 is 0 Å². The Hall–Kier alpha value is -1.84. The Balaban J connectivity index is 1.66. The minimum atomic E-state index is 0.575. The molecule has 3 rings (SSSR count). The van der Waals surface area contributed by atoms with Crippen molar-refractivity contribution >= 4 is 5.69 Å². The van der Waals surface area contributed by atoms with E-state index in [1.165, 1.54) is 24.8 Å². The van der Waals surface area contributed by atoms with E-state index >= 15 is 0 Å². The average molecular weight is 284 g/mol. The van der Waals surface area contributed by atoms with E-state index in [9.17, 15) is 0 Å². The Bertz CT molecular complexity index is 583. The predicted molar refractivity (Wildman–Crippen MR) is 85.4 cm³/mol. The first kappa shape index (κ1) is 14.1. The van der Waals surface area contributed by atoms with E-state index in [-0.39, 0.29) is 0 Å². The molecule has 0 saturated heterocycles. The van der Waals surface area contributed by atoms with E-state index in [0.29, 0.717) is 5.92 Å². The summed E-state index contributed by atoms with van der Waals surface area (Å²) in [5, 5.41) is 12.2. The standard InChI is InChI=1S/C17H24N4/c1-13(2)14-7-9-15(10-8-14)18-12-17-20-19-16-6-4-3-5-11-21(16)17/h7-10,13,18H,3-6,11-12H2,1-2H3. The lowest BCUT2D eigenvalue weighted by Gasteiger charge is -2.10. The zero-order valence-electron chi connectivity index (χ0n) is 13.0. The third kappa shape index (κ3) is 3.26. The van der Waals surface area contributed by atoms with Gasteiger partial charge < -0.3 is 9.88 Å². The average Bonchev–Trinajstić information content (AvgIpc) is 2.72. The van der Waals surface area contributed by atoms with Crippen LogP contribution < -0.4 is 5.32 Å². The van der Waals surface area contributed by atoms with E-state index in [1.54, 1.807) is 0 Å². The van der Waals surface area contributed by atoms with Crippen LogP contribution in [0, 0.1) is 0 Å². The number of nitrogens with zero attached hydrogens (tertiary/aromatic N) is 3. The molecule has 0 atom stereocenters. The highest BCUT2D eigenvalue weighted by atomic mass is 15.3. The van der Waals surface area contributed by atoms with Gasteiger partial charge in [-0.1, -0.05) is 32.4 Å². The van der Waals surface area contributed by atoms with Crippen LogP contribution in [0.2, 0.25) is 0 Å². The summed E-state index contributed by atoms with van der Waals surface area (Å²) in [5.74, 6) is 2.78. The molecular formula is C17H24N4. The highest BCUT2D eigenvalue weighted by Gasteiger charge is 2.14. The number of aromatic nitrogens is 3. The second-order valence-electron chi connectivity index (χ2n) is 6.13. The molecule has 0 aliphatic carbocycles. The number of anilines is 1. The molecule has 4 heteroatoms. The van der Waals surface area contributed by atoms with Crippen LogP contribution in [0.15, 0.2) is 24.3 Å². The van der Waals surface area contributed by atoms with Crippen LogP contribution in [0.1, 0.15) is 56.2 Å². The maximum absolute atomic E-state index is 4.35. The van der Waals surface area contributed by atoms with Gasteiger partial charge in [0.1, 0.15) is 5.82 Å². The highest BCUT2D eigenvalue weighted by molar-refractivity contribution is 5.45. The van der Waals surface area contributed by atoms with Crippen LogP contribution in [0.4, 0.5) is 5.69 Å². The number of hydrogen-bond acceptors (Lipinski definition) is 3. The van der Waals surface area contributed by atoms with Crippen molar-refractivity contribution in [2.45, 2.75) is 58.5 Å². The fraction of sp³-hybridized carbons (Fsp3) is 0.529. The molecule has 4 nitrogen and oxygen atoms in total. The van der Waals surface area contributed by atoms with Gasteiger partial charge in [-0.15, -0.1) is 10.2 Å². The molecule has 112 valence electrons. The summed E-state index contributed by atoms with van der Waals surface area (Å²) in [6, 6.07) is 8.68. The van der Waals surface area contributed by atoms with E-state index in [2.05, 4.69) is 58.2 Å². The molecule has 0 amide bonds. The molecule has 1 aromatic carbocycles. The van der Waals surface area contributed by atoms with Crippen LogP contribution in [0.25, 0.3) is 0 Å². The number of fused-ring (bicyclic) bond motifs is 1. The summed E-state index contributed by atoms with van der Waals surface area (Å²) in [6.45, 7) is 6.24. The van der Waals surface area contributed by atoms with Crippen molar-refractivity contribution in [2.75, 3.05) is 5.32 Å². The first-order valence-electron chi connectivity index (χ1n) is 7.99. The van der Waals surface area contributed by atoms with Gasteiger partial charge in [0.15, 0.2) is 5.82 Å². The molecule has 2 aromatic rings. The van der Waals surface area contributed by atoms with Gasteiger partial charge >= 0.3 is 0 Å². The van der Waals surface area contributed by atoms with Gasteiger partial charge in [0.2, 0.25) is 0 Å². The summed E-state index contributed by atoms with van der Waals surface area (Å²) in [6.07, 6.45) is 4.84. The number of nitrogens with one attached hydrogen (secondary N) is 1. The van der Waals surface area contributed by atoms with E-state index < -0.39 is 0 Å².